The number of rotatable bonds is 11. The Morgan fingerprint density at radius 3 is 2.32 bits per heavy atom. The van der Waals surface area contributed by atoms with Crippen LogP contribution >= 0.6 is 24.0 Å². The highest BCUT2D eigenvalue weighted by atomic mass is 127. The normalized spacial score (nSPS) is 10.7. The first-order chi connectivity index (χ1) is 14.6. The quantitative estimate of drug-likeness (QED) is 0.193. The Balaban J connectivity index is 0.00000480. The predicted molar refractivity (Wildman–Crippen MR) is 136 cm³/mol. The van der Waals surface area contributed by atoms with Crippen molar-refractivity contribution in [1.82, 2.24) is 10.6 Å². The maximum absolute atomic E-state index is 5.65. The lowest BCUT2D eigenvalue weighted by atomic mass is 10.1. The van der Waals surface area contributed by atoms with Gasteiger partial charge in [-0.2, -0.15) is 0 Å². The van der Waals surface area contributed by atoms with Gasteiger partial charge in [0, 0.05) is 31.8 Å². The zero-order chi connectivity index (χ0) is 21.8. The van der Waals surface area contributed by atoms with Crippen LogP contribution in [0.3, 0.4) is 0 Å². The van der Waals surface area contributed by atoms with Gasteiger partial charge in [0.2, 0.25) is 0 Å². The number of hydrogen-bond donors (Lipinski definition) is 2. The highest BCUT2D eigenvalue weighted by Crippen LogP contribution is 2.28. The zero-order valence-electron chi connectivity index (χ0n) is 19.0. The van der Waals surface area contributed by atoms with E-state index < -0.39 is 0 Å². The summed E-state index contributed by atoms with van der Waals surface area (Å²) in [4.78, 5) is 4.29. The first-order valence-corrected chi connectivity index (χ1v) is 10.1. The molecule has 0 unspecified atom stereocenters. The summed E-state index contributed by atoms with van der Waals surface area (Å²) in [6.45, 7) is 3.98. The third-order valence-corrected chi connectivity index (χ3v) is 4.63. The minimum atomic E-state index is 0. The van der Waals surface area contributed by atoms with Gasteiger partial charge in [0.1, 0.15) is 11.5 Å². The number of nitrogens with one attached hydrogen (secondary N) is 2. The molecule has 2 aromatic rings. The smallest absolute Gasteiger partial charge is 0.191 e. The SMILES string of the molecule is CCOc1cc(CCCNC(=NC)NCc2ccc(OC)cc2OC)ccc1OC.I. The molecule has 0 radical (unpaired) electrons. The van der Waals surface area contributed by atoms with Gasteiger partial charge in [-0.1, -0.05) is 6.07 Å². The summed E-state index contributed by atoms with van der Waals surface area (Å²) < 4.78 is 21.7. The number of aryl methyl sites for hydroxylation is 1. The van der Waals surface area contributed by atoms with Gasteiger partial charge in [0.05, 0.1) is 27.9 Å². The zero-order valence-corrected chi connectivity index (χ0v) is 21.3. The van der Waals surface area contributed by atoms with Crippen molar-refractivity contribution >= 4 is 29.9 Å². The van der Waals surface area contributed by atoms with Gasteiger partial charge in [0.25, 0.3) is 0 Å². The van der Waals surface area contributed by atoms with Crippen LogP contribution in [0.1, 0.15) is 24.5 Å². The number of hydrogen-bond acceptors (Lipinski definition) is 5. The third-order valence-electron chi connectivity index (χ3n) is 4.63. The minimum absolute atomic E-state index is 0. The van der Waals surface area contributed by atoms with E-state index in [1.54, 1.807) is 28.4 Å². The largest absolute Gasteiger partial charge is 0.497 e. The van der Waals surface area contributed by atoms with Crippen LogP contribution in [0.4, 0.5) is 0 Å². The Labute approximate surface area is 202 Å². The number of guanidine groups is 1. The second kappa shape index (κ2) is 14.6. The third kappa shape index (κ3) is 8.35. The second-order valence-corrected chi connectivity index (χ2v) is 6.55. The molecule has 7 nitrogen and oxygen atoms in total. The molecule has 0 amide bonds. The van der Waals surface area contributed by atoms with Crippen molar-refractivity contribution in [2.24, 2.45) is 4.99 Å². The number of halogens is 1. The van der Waals surface area contributed by atoms with Crippen LogP contribution in [0.15, 0.2) is 41.4 Å². The van der Waals surface area contributed by atoms with E-state index in [1.165, 1.54) is 5.56 Å². The molecular formula is C23H34IN3O4. The van der Waals surface area contributed by atoms with Crippen molar-refractivity contribution in [3.8, 4) is 23.0 Å². The highest BCUT2D eigenvalue weighted by Gasteiger charge is 2.07. The number of nitrogens with zero attached hydrogens (tertiary/aromatic N) is 1. The van der Waals surface area contributed by atoms with Gasteiger partial charge < -0.3 is 29.6 Å². The Morgan fingerprint density at radius 1 is 0.903 bits per heavy atom. The molecule has 0 heterocycles. The minimum Gasteiger partial charge on any atom is -0.497 e. The number of aliphatic imine (C=N–C) groups is 1. The van der Waals surface area contributed by atoms with Gasteiger partial charge in [0.15, 0.2) is 17.5 Å². The molecule has 0 saturated carbocycles. The van der Waals surface area contributed by atoms with Gasteiger partial charge in [-0.15, -0.1) is 24.0 Å². The van der Waals surface area contributed by atoms with Gasteiger partial charge in [-0.05, 0) is 49.6 Å². The molecule has 31 heavy (non-hydrogen) atoms. The van der Waals surface area contributed by atoms with Crippen LogP contribution in [-0.2, 0) is 13.0 Å². The fourth-order valence-corrected chi connectivity index (χ4v) is 3.04. The average Bonchev–Trinajstić information content (AvgIpc) is 2.79. The van der Waals surface area contributed by atoms with Crippen LogP contribution in [0.2, 0.25) is 0 Å². The molecule has 0 aromatic heterocycles. The van der Waals surface area contributed by atoms with E-state index in [2.05, 4.69) is 21.7 Å². The molecule has 0 aliphatic heterocycles. The Kier molecular flexibility index (Phi) is 12.6. The summed E-state index contributed by atoms with van der Waals surface area (Å²) in [6, 6.07) is 11.9. The topological polar surface area (TPSA) is 73.3 Å². The van der Waals surface area contributed by atoms with E-state index in [4.69, 9.17) is 18.9 Å². The first kappa shape index (κ1) is 26.7. The molecule has 8 heteroatoms. The van der Waals surface area contributed by atoms with E-state index in [0.717, 1.165) is 53.9 Å². The predicted octanol–water partition coefficient (Wildman–Crippen LogP) is 4.03. The van der Waals surface area contributed by atoms with Crippen molar-refractivity contribution in [2.75, 3.05) is 41.5 Å². The molecule has 0 fully saturated rings. The van der Waals surface area contributed by atoms with E-state index in [1.807, 2.05) is 37.3 Å². The molecule has 0 aliphatic rings. The molecule has 0 aliphatic carbocycles. The summed E-state index contributed by atoms with van der Waals surface area (Å²) in [7, 11) is 6.71. The molecule has 0 bridgehead atoms. The van der Waals surface area contributed by atoms with Crippen LogP contribution in [0.5, 0.6) is 23.0 Å². The highest BCUT2D eigenvalue weighted by molar-refractivity contribution is 14.0. The number of methoxy groups -OCH3 is 3. The fourth-order valence-electron chi connectivity index (χ4n) is 3.04. The van der Waals surface area contributed by atoms with Crippen molar-refractivity contribution in [3.63, 3.8) is 0 Å². The summed E-state index contributed by atoms with van der Waals surface area (Å²) in [5, 5.41) is 6.67. The molecular weight excluding hydrogens is 509 g/mol. The lowest BCUT2D eigenvalue weighted by Gasteiger charge is -2.15. The van der Waals surface area contributed by atoms with E-state index in [0.29, 0.717) is 13.2 Å². The Hall–Kier alpha value is -2.36. The summed E-state index contributed by atoms with van der Waals surface area (Å²) in [6.07, 6.45) is 1.89. The lowest BCUT2D eigenvalue weighted by Crippen LogP contribution is -2.37. The van der Waals surface area contributed by atoms with Crippen molar-refractivity contribution in [3.05, 3.63) is 47.5 Å². The number of benzene rings is 2. The van der Waals surface area contributed by atoms with E-state index in [9.17, 15) is 0 Å². The first-order valence-electron chi connectivity index (χ1n) is 10.1. The van der Waals surface area contributed by atoms with Crippen molar-refractivity contribution < 1.29 is 18.9 Å². The summed E-state index contributed by atoms with van der Waals surface area (Å²) >= 11 is 0. The van der Waals surface area contributed by atoms with Crippen molar-refractivity contribution in [2.45, 2.75) is 26.3 Å². The van der Waals surface area contributed by atoms with Crippen LogP contribution < -0.4 is 29.6 Å². The average molecular weight is 543 g/mol. The fraction of sp³-hybridized carbons (Fsp3) is 0.435. The molecule has 0 atom stereocenters. The standard InChI is InChI=1S/C23H33N3O4.HI/c1-6-30-22-14-17(9-12-20(22)28-4)8-7-13-25-23(24-2)26-16-18-10-11-19(27-3)15-21(18)29-5;/h9-12,14-15H,6-8,13,16H2,1-5H3,(H2,24,25,26);1H. The van der Waals surface area contributed by atoms with E-state index in [-0.39, 0.29) is 24.0 Å². The lowest BCUT2D eigenvalue weighted by molar-refractivity contribution is 0.310. The Morgan fingerprint density at radius 2 is 1.68 bits per heavy atom. The second-order valence-electron chi connectivity index (χ2n) is 6.55. The van der Waals surface area contributed by atoms with Gasteiger partial charge in [-0.25, -0.2) is 0 Å². The van der Waals surface area contributed by atoms with Crippen molar-refractivity contribution in [1.29, 1.82) is 0 Å². The van der Waals surface area contributed by atoms with Crippen LogP contribution in [-0.4, -0.2) is 47.5 Å². The van der Waals surface area contributed by atoms with Gasteiger partial charge in [-0.3, -0.25) is 4.99 Å². The Bertz CT molecular complexity index is 830. The molecule has 0 spiro atoms. The molecule has 0 saturated heterocycles. The molecule has 2 rings (SSSR count). The van der Waals surface area contributed by atoms with E-state index >= 15 is 0 Å². The number of ether oxygens (including phenoxy) is 4. The summed E-state index contributed by atoms with van der Waals surface area (Å²) in [5.41, 5.74) is 2.25. The molecule has 2 aromatic carbocycles. The molecule has 2 N–H and O–H groups in total. The van der Waals surface area contributed by atoms with Gasteiger partial charge >= 0.3 is 0 Å². The maximum Gasteiger partial charge on any atom is 0.191 e. The monoisotopic (exact) mass is 543 g/mol. The molecule has 172 valence electrons. The van der Waals surface area contributed by atoms with Crippen LogP contribution in [0, 0.1) is 0 Å². The van der Waals surface area contributed by atoms with Crippen LogP contribution in [0.25, 0.3) is 0 Å². The summed E-state index contributed by atoms with van der Waals surface area (Å²) in [5.74, 6) is 3.84. The maximum atomic E-state index is 5.65.